The Bertz CT molecular complexity index is 824. The third kappa shape index (κ3) is 4.09. The second-order valence-electron chi connectivity index (χ2n) is 4.84. The summed E-state index contributed by atoms with van der Waals surface area (Å²) in [6.07, 6.45) is -2.04. The number of fused-ring (bicyclic) bond motifs is 1. The second-order valence-corrected chi connectivity index (χ2v) is 4.84. The van der Waals surface area contributed by atoms with Gasteiger partial charge in [-0.3, -0.25) is 4.99 Å². The van der Waals surface area contributed by atoms with Crippen LogP contribution in [0.25, 0.3) is 11.2 Å². The van der Waals surface area contributed by atoms with E-state index in [-0.39, 0.29) is 17.8 Å². The predicted molar refractivity (Wildman–Crippen MR) is 81.0 cm³/mol. The van der Waals surface area contributed by atoms with E-state index in [0.717, 1.165) is 6.08 Å². The molecule has 2 heterocycles. The maximum atomic E-state index is 12.1. The number of nitrogens with zero attached hydrogens (tertiary/aromatic N) is 4. The normalized spacial score (nSPS) is 13.4. The molecule has 2 rings (SSSR count). The van der Waals surface area contributed by atoms with Gasteiger partial charge in [0.05, 0.1) is 5.69 Å². The molecule has 0 atom stereocenters. The van der Waals surface area contributed by atoms with Gasteiger partial charge >= 0.3 is 6.36 Å². The minimum Gasteiger partial charge on any atom is -0.411 e. The lowest BCUT2D eigenvalue weighted by atomic mass is 10.1. The number of ether oxygens (including phenoxy) is 1. The summed E-state index contributed by atoms with van der Waals surface area (Å²) in [5, 5.41) is 7.29. The lowest BCUT2D eigenvalue weighted by Crippen LogP contribution is -2.11. The zero-order chi connectivity index (χ0) is 17.9. The molecular weight excluding hydrogens is 327 g/mol. The molecule has 0 bridgehead atoms. The molecule has 0 spiro atoms. The summed E-state index contributed by atoms with van der Waals surface area (Å²) in [7, 11) is 0. The van der Waals surface area contributed by atoms with E-state index in [1.54, 1.807) is 6.92 Å². The second kappa shape index (κ2) is 6.69. The van der Waals surface area contributed by atoms with Gasteiger partial charge in [0.2, 0.25) is 5.65 Å². The molecule has 0 aromatic carbocycles. The largest absolute Gasteiger partial charge is 0.572 e. The number of aromatic nitrogens is 3. The molecule has 0 fully saturated rings. The average molecular weight is 341 g/mol. The Morgan fingerprint density at radius 1 is 1.38 bits per heavy atom. The lowest BCUT2D eigenvalue weighted by Gasteiger charge is -2.09. The van der Waals surface area contributed by atoms with E-state index in [9.17, 15) is 13.2 Å². The first-order valence-electron chi connectivity index (χ1n) is 6.68. The molecule has 0 radical (unpaired) electrons. The van der Waals surface area contributed by atoms with Crippen LogP contribution in [0.1, 0.15) is 18.2 Å². The zero-order valence-corrected chi connectivity index (χ0v) is 12.9. The molecule has 0 aliphatic carbocycles. The molecule has 2 aromatic heterocycles. The SMILES string of the molecule is C=N/C(=C\C=C(/C)OC(F)(F)F)Cc1c(C)nc2nonc2c1N. The Morgan fingerprint density at radius 2 is 2.08 bits per heavy atom. The molecule has 128 valence electrons. The van der Waals surface area contributed by atoms with Crippen molar-refractivity contribution in [1.29, 1.82) is 0 Å². The molecule has 0 saturated carbocycles. The Hall–Kier alpha value is -2.91. The maximum absolute atomic E-state index is 12.1. The van der Waals surface area contributed by atoms with E-state index in [4.69, 9.17) is 5.73 Å². The number of aliphatic imine (C=N–C) groups is 1. The highest BCUT2D eigenvalue weighted by atomic mass is 19.4. The van der Waals surface area contributed by atoms with E-state index >= 15 is 0 Å². The van der Waals surface area contributed by atoms with Crippen molar-refractivity contribution in [3.05, 3.63) is 34.9 Å². The number of rotatable bonds is 5. The summed E-state index contributed by atoms with van der Waals surface area (Å²) >= 11 is 0. The van der Waals surface area contributed by atoms with Crippen LogP contribution in [0.2, 0.25) is 0 Å². The van der Waals surface area contributed by atoms with Gasteiger partial charge in [0.25, 0.3) is 0 Å². The van der Waals surface area contributed by atoms with Crippen LogP contribution in [0.3, 0.4) is 0 Å². The Morgan fingerprint density at radius 3 is 2.71 bits per heavy atom. The fourth-order valence-electron chi connectivity index (χ4n) is 1.99. The molecular formula is C14H14F3N5O2. The van der Waals surface area contributed by atoms with Crippen molar-refractivity contribution in [1.82, 2.24) is 15.3 Å². The number of pyridine rings is 1. The highest BCUT2D eigenvalue weighted by molar-refractivity contribution is 5.85. The number of aryl methyl sites for hydroxylation is 1. The van der Waals surface area contributed by atoms with Crippen molar-refractivity contribution < 1.29 is 22.5 Å². The topological polar surface area (TPSA) is 99.4 Å². The highest BCUT2D eigenvalue weighted by Crippen LogP contribution is 2.26. The van der Waals surface area contributed by atoms with Gasteiger partial charge in [0, 0.05) is 23.4 Å². The van der Waals surface area contributed by atoms with Gasteiger partial charge in [0.15, 0.2) is 5.52 Å². The van der Waals surface area contributed by atoms with Crippen LogP contribution < -0.4 is 5.73 Å². The predicted octanol–water partition coefficient (Wildman–Crippen LogP) is 3.08. The molecule has 2 N–H and O–H groups in total. The van der Waals surface area contributed by atoms with Gasteiger partial charge < -0.3 is 10.5 Å². The van der Waals surface area contributed by atoms with Crippen LogP contribution in [0, 0.1) is 6.92 Å². The smallest absolute Gasteiger partial charge is 0.411 e. The number of halogens is 3. The van der Waals surface area contributed by atoms with Crippen LogP contribution in [0.4, 0.5) is 18.9 Å². The molecule has 0 unspecified atom stereocenters. The molecule has 7 nitrogen and oxygen atoms in total. The molecule has 24 heavy (non-hydrogen) atoms. The fraction of sp³-hybridized carbons (Fsp3) is 0.286. The highest BCUT2D eigenvalue weighted by Gasteiger charge is 2.30. The zero-order valence-electron chi connectivity index (χ0n) is 12.9. The number of hydrogen-bond acceptors (Lipinski definition) is 7. The number of alkyl halides is 3. The Labute approximate surface area is 134 Å². The van der Waals surface area contributed by atoms with Gasteiger partial charge in [0.1, 0.15) is 5.76 Å². The van der Waals surface area contributed by atoms with Gasteiger partial charge in [-0.2, -0.15) is 0 Å². The number of nitrogen functional groups attached to an aromatic ring is 1. The summed E-state index contributed by atoms with van der Waals surface area (Å²) in [5.74, 6) is -0.331. The number of hydrogen-bond donors (Lipinski definition) is 1. The van der Waals surface area contributed by atoms with Crippen LogP contribution in [0.15, 0.2) is 33.2 Å². The quantitative estimate of drug-likeness (QED) is 0.510. The van der Waals surface area contributed by atoms with Crippen molar-refractivity contribution in [3.63, 3.8) is 0 Å². The summed E-state index contributed by atoms with van der Waals surface area (Å²) in [6.45, 7) is 6.30. The first kappa shape index (κ1) is 17.4. The number of nitrogens with two attached hydrogens (primary N) is 1. The van der Waals surface area contributed by atoms with Crippen molar-refractivity contribution >= 4 is 23.6 Å². The van der Waals surface area contributed by atoms with E-state index in [1.807, 2.05) is 0 Å². The molecule has 0 aliphatic heterocycles. The summed E-state index contributed by atoms with van der Waals surface area (Å²) < 4.78 is 44.7. The minimum absolute atomic E-state index is 0.201. The lowest BCUT2D eigenvalue weighted by molar-refractivity contribution is -0.305. The standard InChI is InChI=1S/C14H14F3N5O2/c1-7(23-14(15,16)17)4-5-9(19-3)6-10-8(2)20-13-12(11(10)18)21-24-22-13/h4-5H,3,6,18H2,1-2H3/b7-4+,9-5-. The molecule has 0 aliphatic rings. The van der Waals surface area contributed by atoms with Crippen molar-refractivity contribution in [2.24, 2.45) is 4.99 Å². The van der Waals surface area contributed by atoms with E-state index < -0.39 is 6.36 Å². The molecule has 10 heteroatoms. The molecule has 2 aromatic rings. The third-order valence-corrected chi connectivity index (χ3v) is 3.11. The van der Waals surface area contributed by atoms with Crippen LogP contribution in [-0.4, -0.2) is 28.4 Å². The van der Waals surface area contributed by atoms with Gasteiger partial charge in [-0.05, 0) is 43.0 Å². The maximum Gasteiger partial charge on any atom is 0.572 e. The monoisotopic (exact) mass is 341 g/mol. The van der Waals surface area contributed by atoms with Crippen molar-refractivity contribution in [3.8, 4) is 0 Å². The first-order valence-corrected chi connectivity index (χ1v) is 6.68. The van der Waals surface area contributed by atoms with Crippen molar-refractivity contribution in [2.45, 2.75) is 26.6 Å². The summed E-state index contributed by atoms with van der Waals surface area (Å²) in [5.41, 5.74) is 8.51. The van der Waals surface area contributed by atoms with Gasteiger partial charge in [-0.1, -0.05) is 0 Å². The number of allylic oxidation sites excluding steroid dienone is 4. The van der Waals surface area contributed by atoms with Gasteiger partial charge in [-0.25, -0.2) is 9.61 Å². The Kier molecular flexibility index (Phi) is 4.86. The fourth-order valence-corrected chi connectivity index (χ4v) is 1.99. The molecule has 0 amide bonds. The van der Waals surface area contributed by atoms with Crippen LogP contribution in [-0.2, 0) is 11.2 Å². The van der Waals surface area contributed by atoms with Gasteiger partial charge in [-0.15, -0.1) is 13.2 Å². The first-order chi connectivity index (χ1) is 11.2. The van der Waals surface area contributed by atoms with Crippen LogP contribution >= 0.6 is 0 Å². The van der Waals surface area contributed by atoms with Crippen LogP contribution in [0.5, 0.6) is 0 Å². The van der Waals surface area contributed by atoms with E-state index in [1.165, 1.54) is 13.0 Å². The molecule has 0 saturated heterocycles. The minimum atomic E-state index is -4.74. The third-order valence-electron chi connectivity index (χ3n) is 3.11. The van der Waals surface area contributed by atoms with Crippen molar-refractivity contribution in [2.75, 3.05) is 5.73 Å². The summed E-state index contributed by atoms with van der Waals surface area (Å²) in [6, 6.07) is 0. The van der Waals surface area contributed by atoms with E-state index in [0.29, 0.717) is 28.2 Å². The Balaban J connectivity index is 2.29. The van der Waals surface area contributed by atoms with E-state index in [2.05, 4.69) is 36.4 Å². The summed E-state index contributed by atoms with van der Waals surface area (Å²) in [4.78, 5) is 7.99. The number of anilines is 1. The average Bonchev–Trinajstić information content (AvgIpc) is 2.93.